The smallest absolute Gasteiger partial charge is 0.302 e. The Bertz CT molecular complexity index is 1060. The number of hydrogen-bond acceptors (Lipinski definition) is 5. The number of nitrogens with one attached hydrogen (secondary N) is 1. The summed E-state index contributed by atoms with van der Waals surface area (Å²) in [7, 11) is 0. The van der Waals surface area contributed by atoms with E-state index >= 15 is 0 Å². The predicted octanol–water partition coefficient (Wildman–Crippen LogP) is 4.27. The van der Waals surface area contributed by atoms with Crippen molar-refractivity contribution in [2.45, 2.75) is 20.0 Å². The van der Waals surface area contributed by atoms with Gasteiger partial charge in [0.1, 0.15) is 11.2 Å². The summed E-state index contributed by atoms with van der Waals surface area (Å²) in [6, 6.07) is 5.05. The molecule has 0 bridgehead atoms. The maximum atomic E-state index is 12.4. The predicted molar refractivity (Wildman–Crippen MR) is 105 cm³/mol. The maximum Gasteiger partial charge on any atom is 0.320 e. The number of aryl methyl sites for hydroxylation is 1. The second kappa shape index (κ2) is 8.17. The van der Waals surface area contributed by atoms with Gasteiger partial charge in [-0.1, -0.05) is 40.9 Å². The first kappa shape index (κ1) is 20.1. The molecule has 0 aliphatic rings. The molecule has 1 amide bonds. The molecule has 9 nitrogen and oxygen atoms in total. The Morgan fingerprint density at radius 3 is 2.57 bits per heavy atom. The fourth-order valence-electron chi connectivity index (χ4n) is 2.42. The molecular formula is C16H13Cl3N6O3. The van der Waals surface area contributed by atoms with Crippen molar-refractivity contribution < 1.29 is 9.72 Å². The summed E-state index contributed by atoms with van der Waals surface area (Å²) >= 11 is 18.2. The Morgan fingerprint density at radius 2 is 1.93 bits per heavy atom. The Hall–Kier alpha value is -2.62. The number of rotatable bonds is 6. The van der Waals surface area contributed by atoms with Crippen molar-refractivity contribution >= 4 is 52.2 Å². The van der Waals surface area contributed by atoms with Crippen molar-refractivity contribution in [1.29, 1.82) is 0 Å². The zero-order chi connectivity index (χ0) is 20.4. The number of halogens is 3. The summed E-state index contributed by atoms with van der Waals surface area (Å²) in [5, 5.41) is 22.8. The number of amides is 1. The number of carbonyl (C=O) groups excluding carboxylic acids is 1. The van der Waals surface area contributed by atoms with Crippen LogP contribution in [0.3, 0.4) is 0 Å². The minimum absolute atomic E-state index is 0.0529. The van der Waals surface area contributed by atoms with Gasteiger partial charge in [0.05, 0.1) is 11.5 Å². The van der Waals surface area contributed by atoms with Crippen molar-refractivity contribution in [3.05, 3.63) is 67.0 Å². The number of anilines is 1. The SMILES string of the molecule is CCn1cc([N+](=O)[O-])c(C(=O)Nc2nn(Cc3ccc(Cl)cc3Cl)cc2Cl)n1. The summed E-state index contributed by atoms with van der Waals surface area (Å²) in [6.45, 7) is 2.42. The van der Waals surface area contributed by atoms with E-state index < -0.39 is 16.5 Å². The molecule has 3 aromatic rings. The molecule has 0 fully saturated rings. The van der Waals surface area contributed by atoms with E-state index in [9.17, 15) is 14.9 Å². The van der Waals surface area contributed by atoms with Gasteiger partial charge in [-0.3, -0.25) is 24.3 Å². The third-order valence-corrected chi connectivity index (χ3v) is 4.64. The van der Waals surface area contributed by atoms with Crippen molar-refractivity contribution in [3.8, 4) is 0 Å². The highest BCUT2D eigenvalue weighted by Crippen LogP contribution is 2.25. The number of benzene rings is 1. The zero-order valence-corrected chi connectivity index (χ0v) is 16.7. The van der Waals surface area contributed by atoms with Crippen LogP contribution < -0.4 is 5.32 Å². The van der Waals surface area contributed by atoms with Crippen LogP contribution in [0.5, 0.6) is 0 Å². The third kappa shape index (κ3) is 4.27. The Labute approximate surface area is 173 Å². The first-order valence-electron chi connectivity index (χ1n) is 7.98. The van der Waals surface area contributed by atoms with Crippen LogP contribution in [-0.2, 0) is 13.1 Å². The van der Waals surface area contributed by atoms with Crippen LogP contribution in [0.1, 0.15) is 23.0 Å². The van der Waals surface area contributed by atoms with Gasteiger partial charge in [-0.05, 0) is 24.6 Å². The monoisotopic (exact) mass is 442 g/mol. The number of aromatic nitrogens is 4. The van der Waals surface area contributed by atoms with E-state index in [1.54, 1.807) is 25.1 Å². The second-order valence-electron chi connectivity index (χ2n) is 5.69. The lowest BCUT2D eigenvalue weighted by molar-refractivity contribution is -0.385. The summed E-state index contributed by atoms with van der Waals surface area (Å²) < 4.78 is 2.78. The molecule has 0 saturated carbocycles. The second-order valence-corrected chi connectivity index (χ2v) is 6.94. The topological polar surface area (TPSA) is 108 Å². The lowest BCUT2D eigenvalue weighted by atomic mass is 10.2. The van der Waals surface area contributed by atoms with E-state index in [2.05, 4.69) is 15.5 Å². The average Bonchev–Trinajstić information content (AvgIpc) is 3.21. The largest absolute Gasteiger partial charge is 0.320 e. The quantitative estimate of drug-likeness (QED) is 0.452. The minimum atomic E-state index is -0.782. The van der Waals surface area contributed by atoms with E-state index in [0.717, 1.165) is 5.56 Å². The molecule has 146 valence electrons. The summed E-state index contributed by atoms with van der Waals surface area (Å²) in [6.07, 6.45) is 2.69. The Balaban J connectivity index is 1.81. The van der Waals surface area contributed by atoms with Crippen LogP contribution in [-0.4, -0.2) is 30.4 Å². The van der Waals surface area contributed by atoms with Gasteiger partial charge in [0, 0.05) is 22.8 Å². The molecule has 0 aliphatic carbocycles. The molecule has 2 heterocycles. The van der Waals surface area contributed by atoms with Crippen LogP contribution in [0, 0.1) is 10.1 Å². The molecule has 12 heteroatoms. The third-order valence-electron chi connectivity index (χ3n) is 3.77. The van der Waals surface area contributed by atoms with Gasteiger partial charge in [0.15, 0.2) is 5.82 Å². The van der Waals surface area contributed by atoms with Crippen LogP contribution in [0.2, 0.25) is 15.1 Å². The van der Waals surface area contributed by atoms with Crippen LogP contribution >= 0.6 is 34.8 Å². The van der Waals surface area contributed by atoms with Gasteiger partial charge in [0.25, 0.3) is 5.91 Å². The Kier molecular flexibility index (Phi) is 5.87. The van der Waals surface area contributed by atoms with Crippen LogP contribution in [0.25, 0.3) is 0 Å². The zero-order valence-electron chi connectivity index (χ0n) is 14.4. The van der Waals surface area contributed by atoms with Gasteiger partial charge >= 0.3 is 5.69 Å². The molecule has 1 N–H and O–H groups in total. The molecule has 0 radical (unpaired) electrons. The van der Waals surface area contributed by atoms with Crippen molar-refractivity contribution in [3.63, 3.8) is 0 Å². The summed E-state index contributed by atoms with van der Waals surface area (Å²) in [5.41, 5.74) is 0.0292. The molecule has 1 aromatic carbocycles. The van der Waals surface area contributed by atoms with Gasteiger partial charge in [0.2, 0.25) is 5.69 Å². The maximum absolute atomic E-state index is 12.4. The fraction of sp³-hybridized carbons (Fsp3) is 0.188. The van der Waals surface area contributed by atoms with Gasteiger partial charge < -0.3 is 5.32 Å². The highest BCUT2D eigenvalue weighted by atomic mass is 35.5. The molecule has 0 unspecified atom stereocenters. The summed E-state index contributed by atoms with van der Waals surface area (Å²) in [5.74, 6) is -0.729. The first-order valence-corrected chi connectivity index (χ1v) is 9.12. The van der Waals surface area contributed by atoms with E-state index in [0.29, 0.717) is 16.6 Å². The Morgan fingerprint density at radius 1 is 1.18 bits per heavy atom. The van der Waals surface area contributed by atoms with Crippen molar-refractivity contribution in [1.82, 2.24) is 19.6 Å². The fourth-order valence-corrected chi connectivity index (χ4v) is 3.09. The lowest BCUT2D eigenvalue weighted by Crippen LogP contribution is -2.15. The van der Waals surface area contributed by atoms with E-state index in [1.807, 2.05) is 0 Å². The van der Waals surface area contributed by atoms with Gasteiger partial charge in [-0.25, -0.2) is 0 Å². The standard InChI is InChI=1S/C16H13Cl3N6O3/c1-2-23-8-13(25(27)28)14(21-23)16(26)20-15-12(19)7-24(22-15)6-9-3-4-10(17)5-11(9)18/h3-5,7-8H,2,6H2,1H3,(H,20,22,26). The normalized spacial score (nSPS) is 10.9. The van der Waals surface area contributed by atoms with E-state index in [-0.39, 0.29) is 23.1 Å². The highest BCUT2D eigenvalue weighted by Gasteiger charge is 2.26. The molecule has 0 saturated heterocycles. The van der Waals surface area contributed by atoms with Crippen molar-refractivity contribution in [2.75, 3.05) is 5.32 Å². The molecule has 0 spiro atoms. The number of carbonyl (C=O) groups is 1. The van der Waals surface area contributed by atoms with Crippen LogP contribution in [0.4, 0.5) is 11.5 Å². The van der Waals surface area contributed by atoms with Crippen molar-refractivity contribution in [2.24, 2.45) is 0 Å². The first-order chi connectivity index (χ1) is 13.3. The molecule has 0 aliphatic heterocycles. The number of nitrogens with zero attached hydrogens (tertiary/aromatic N) is 5. The highest BCUT2D eigenvalue weighted by molar-refractivity contribution is 6.35. The molecule has 2 aromatic heterocycles. The number of hydrogen-bond donors (Lipinski definition) is 1. The molecule has 28 heavy (non-hydrogen) atoms. The van der Waals surface area contributed by atoms with Crippen LogP contribution in [0.15, 0.2) is 30.6 Å². The van der Waals surface area contributed by atoms with E-state index in [4.69, 9.17) is 34.8 Å². The van der Waals surface area contributed by atoms with Gasteiger partial charge in [-0.15, -0.1) is 0 Å². The summed E-state index contributed by atoms with van der Waals surface area (Å²) in [4.78, 5) is 22.9. The molecule has 0 atom stereocenters. The molecular weight excluding hydrogens is 431 g/mol. The minimum Gasteiger partial charge on any atom is -0.302 e. The number of nitro groups is 1. The molecule has 3 rings (SSSR count). The van der Waals surface area contributed by atoms with E-state index in [1.165, 1.54) is 21.8 Å². The average molecular weight is 444 g/mol. The van der Waals surface area contributed by atoms with Gasteiger partial charge in [-0.2, -0.15) is 10.2 Å². The lowest BCUT2D eigenvalue weighted by Gasteiger charge is -2.05.